The molecule has 0 N–H and O–H groups in total. The fraction of sp³-hybridized carbons (Fsp3) is 0.125. The fourth-order valence-corrected chi connectivity index (χ4v) is 1.19. The molecular weight excluding hydrogens is 251 g/mol. The molecule has 1 rings (SSSR count). The molecule has 0 aromatic heterocycles. The lowest BCUT2D eigenvalue weighted by molar-refractivity contribution is -0.385. The van der Waals surface area contributed by atoms with Gasteiger partial charge in [0.05, 0.1) is 10.5 Å². The van der Waals surface area contributed by atoms with Gasteiger partial charge in [0.15, 0.2) is 0 Å². The van der Waals surface area contributed by atoms with E-state index in [0.29, 0.717) is 12.1 Å². The Morgan fingerprint density at radius 3 is 2.31 bits per heavy atom. The van der Waals surface area contributed by atoms with E-state index in [0.717, 1.165) is 0 Å². The zero-order valence-electron chi connectivity index (χ0n) is 7.42. The highest BCUT2D eigenvalue weighted by molar-refractivity contribution is 6.68. The van der Waals surface area contributed by atoms with E-state index < -0.39 is 33.2 Å². The molecule has 0 spiro atoms. The van der Waals surface area contributed by atoms with Crippen LogP contribution in [0.1, 0.15) is 15.9 Å². The Morgan fingerprint density at radius 1 is 1.38 bits per heavy atom. The quantitative estimate of drug-likeness (QED) is 0.462. The Morgan fingerprint density at radius 2 is 1.94 bits per heavy atom. The van der Waals surface area contributed by atoms with Gasteiger partial charge >= 0.3 is 6.18 Å². The second-order valence-electron chi connectivity index (χ2n) is 2.76. The molecule has 0 saturated heterocycles. The zero-order valence-corrected chi connectivity index (χ0v) is 8.17. The lowest BCUT2D eigenvalue weighted by Crippen LogP contribution is -2.07. The van der Waals surface area contributed by atoms with E-state index in [2.05, 4.69) is 0 Å². The van der Waals surface area contributed by atoms with Gasteiger partial charge < -0.3 is 0 Å². The van der Waals surface area contributed by atoms with Gasteiger partial charge in [0.1, 0.15) is 5.56 Å². The lowest BCUT2D eigenvalue weighted by Gasteiger charge is -2.06. The Bertz CT molecular complexity index is 458. The summed E-state index contributed by atoms with van der Waals surface area (Å²) >= 11 is 4.99. The van der Waals surface area contributed by atoms with Crippen LogP contribution in [0.3, 0.4) is 0 Å². The van der Waals surface area contributed by atoms with Crippen LogP contribution in [-0.2, 0) is 6.18 Å². The summed E-state index contributed by atoms with van der Waals surface area (Å²) in [6.07, 6.45) is -4.71. The minimum absolute atomic E-state index is 0.273. The molecule has 1 aromatic carbocycles. The minimum Gasteiger partial charge on any atom is -0.275 e. The van der Waals surface area contributed by atoms with E-state index in [1.54, 1.807) is 0 Å². The van der Waals surface area contributed by atoms with Crippen LogP contribution in [0.4, 0.5) is 18.9 Å². The van der Waals surface area contributed by atoms with Crippen molar-refractivity contribution in [1.82, 2.24) is 0 Å². The summed E-state index contributed by atoms with van der Waals surface area (Å²) in [6, 6.07) is 1.51. The van der Waals surface area contributed by atoms with Crippen molar-refractivity contribution < 1.29 is 22.9 Å². The number of rotatable bonds is 2. The normalized spacial score (nSPS) is 11.2. The van der Waals surface area contributed by atoms with Crippen LogP contribution in [-0.4, -0.2) is 10.2 Å². The summed E-state index contributed by atoms with van der Waals surface area (Å²) in [7, 11) is 0. The Hall–Kier alpha value is -1.63. The van der Waals surface area contributed by atoms with Gasteiger partial charge in [-0.1, -0.05) is 0 Å². The van der Waals surface area contributed by atoms with Crippen molar-refractivity contribution in [3.8, 4) is 0 Å². The number of nitro groups is 1. The summed E-state index contributed by atoms with van der Waals surface area (Å²) in [5.74, 6) is 0. The van der Waals surface area contributed by atoms with E-state index >= 15 is 0 Å². The van der Waals surface area contributed by atoms with E-state index in [1.165, 1.54) is 0 Å². The highest BCUT2D eigenvalue weighted by Crippen LogP contribution is 2.33. The van der Waals surface area contributed by atoms with Crippen molar-refractivity contribution in [2.45, 2.75) is 6.18 Å². The maximum absolute atomic E-state index is 12.2. The number of benzene rings is 1. The standard InChI is InChI=1S/C8H3ClF3NO3/c9-7(14)5-2-1-4(8(10,11)12)3-6(5)13(15)16/h1-3H. The van der Waals surface area contributed by atoms with Crippen molar-refractivity contribution in [2.75, 3.05) is 0 Å². The smallest absolute Gasteiger partial charge is 0.275 e. The molecule has 0 aliphatic rings. The molecule has 0 unspecified atom stereocenters. The highest BCUT2D eigenvalue weighted by atomic mass is 35.5. The molecule has 0 fully saturated rings. The largest absolute Gasteiger partial charge is 0.416 e. The first-order valence-corrected chi connectivity index (χ1v) is 4.16. The molecule has 4 nitrogen and oxygen atoms in total. The Kier molecular flexibility index (Phi) is 3.18. The first-order valence-electron chi connectivity index (χ1n) is 3.79. The van der Waals surface area contributed by atoms with Gasteiger partial charge in [0.25, 0.3) is 10.9 Å². The average molecular weight is 254 g/mol. The van der Waals surface area contributed by atoms with Crippen molar-refractivity contribution in [2.24, 2.45) is 0 Å². The van der Waals surface area contributed by atoms with Crippen molar-refractivity contribution in [3.05, 3.63) is 39.4 Å². The van der Waals surface area contributed by atoms with E-state index in [4.69, 9.17) is 11.6 Å². The second-order valence-corrected chi connectivity index (χ2v) is 3.10. The number of nitrogens with zero attached hydrogens (tertiary/aromatic N) is 1. The maximum Gasteiger partial charge on any atom is 0.416 e. The SMILES string of the molecule is O=C(Cl)c1ccc(C(F)(F)F)cc1[N+](=O)[O-]. The summed E-state index contributed by atoms with van der Waals surface area (Å²) in [5.41, 5.74) is -2.74. The van der Waals surface area contributed by atoms with Crippen LogP contribution in [0.15, 0.2) is 18.2 Å². The van der Waals surface area contributed by atoms with Crippen LogP contribution in [0, 0.1) is 10.1 Å². The number of alkyl halides is 3. The van der Waals surface area contributed by atoms with Crippen molar-refractivity contribution in [3.63, 3.8) is 0 Å². The second kappa shape index (κ2) is 4.09. The molecule has 0 saturated carbocycles. The van der Waals surface area contributed by atoms with Gasteiger partial charge in [-0.25, -0.2) is 0 Å². The third-order valence-corrected chi connectivity index (χ3v) is 1.94. The molecular formula is C8H3ClF3NO3. The van der Waals surface area contributed by atoms with Crippen LogP contribution in [0.2, 0.25) is 0 Å². The zero-order chi connectivity index (χ0) is 12.5. The highest BCUT2D eigenvalue weighted by Gasteiger charge is 2.33. The number of nitro benzene ring substituents is 1. The Labute approximate surface area is 91.8 Å². The number of halogens is 4. The molecule has 1 aromatic rings. The van der Waals surface area contributed by atoms with Gasteiger partial charge in [0.2, 0.25) is 0 Å². The minimum atomic E-state index is -4.71. The molecule has 8 heteroatoms. The third kappa shape index (κ3) is 2.48. The third-order valence-electron chi connectivity index (χ3n) is 1.73. The monoisotopic (exact) mass is 253 g/mol. The fourth-order valence-electron chi connectivity index (χ4n) is 1.03. The molecule has 0 radical (unpaired) electrons. The summed E-state index contributed by atoms with van der Waals surface area (Å²) in [6.45, 7) is 0. The predicted octanol–water partition coefficient (Wildman–Crippen LogP) is 2.99. The van der Waals surface area contributed by atoms with Crippen LogP contribution in [0.5, 0.6) is 0 Å². The molecule has 16 heavy (non-hydrogen) atoms. The predicted molar refractivity (Wildman–Crippen MR) is 48.3 cm³/mol. The molecule has 0 aliphatic carbocycles. The number of hydrogen-bond acceptors (Lipinski definition) is 3. The number of carbonyl (C=O) groups is 1. The maximum atomic E-state index is 12.2. The van der Waals surface area contributed by atoms with Crippen LogP contribution in [0.25, 0.3) is 0 Å². The van der Waals surface area contributed by atoms with Gasteiger partial charge in [-0.3, -0.25) is 14.9 Å². The molecule has 86 valence electrons. The number of hydrogen-bond donors (Lipinski definition) is 0. The molecule has 0 aliphatic heterocycles. The topological polar surface area (TPSA) is 60.2 Å². The molecule has 0 amide bonds. The lowest BCUT2D eigenvalue weighted by atomic mass is 10.1. The van der Waals surface area contributed by atoms with Crippen molar-refractivity contribution in [1.29, 1.82) is 0 Å². The van der Waals surface area contributed by atoms with Crippen molar-refractivity contribution >= 4 is 22.5 Å². The molecule has 0 bridgehead atoms. The first kappa shape index (κ1) is 12.4. The summed E-state index contributed by atoms with van der Waals surface area (Å²) < 4.78 is 36.7. The van der Waals surface area contributed by atoms with Crippen LogP contribution >= 0.6 is 11.6 Å². The average Bonchev–Trinajstić information content (AvgIpc) is 2.15. The van der Waals surface area contributed by atoms with Gasteiger partial charge in [-0.15, -0.1) is 0 Å². The van der Waals surface area contributed by atoms with E-state index in [1.807, 2.05) is 0 Å². The van der Waals surface area contributed by atoms with E-state index in [-0.39, 0.29) is 6.07 Å². The van der Waals surface area contributed by atoms with Gasteiger partial charge in [-0.2, -0.15) is 13.2 Å². The van der Waals surface area contributed by atoms with Crippen LogP contribution < -0.4 is 0 Å². The number of carbonyl (C=O) groups excluding carboxylic acids is 1. The molecule has 0 atom stereocenters. The summed E-state index contributed by atoms with van der Waals surface area (Å²) in [5, 5.41) is 9.25. The van der Waals surface area contributed by atoms with Gasteiger partial charge in [0, 0.05) is 6.07 Å². The van der Waals surface area contributed by atoms with Gasteiger partial charge in [-0.05, 0) is 23.7 Å². The summed E-state index contributed by atoms with van der Waals surface area (Å²) in [4.78, 5) is 20.1. The molecule has 0 heterocycles. The first-order chi connectivity index (χ1) is 7.23. The van der Waals surface area contributed by atoms with E-state index in [9.17, 15) is 28.1 Å². The Balaban J connectivity index is 3.40.